The van der Waals surface area contributed by atoms with Crippen molar-refractivity contribution in [3.8, 4) is 0 Å². The van der Waals surface area contributed by atoms with Crippen molar-refractivity contribution in [1.29, 1.82) is 0 Å². The normalized spacial score (nSPS) is 24.4. The Morgan fingerprint density at radius 1 is 1.19 bits per heavy atom. The van der Waals surface area contributed by atoms with Crippen molar-refractivity contribution in [3.63, 3.8) is 0 Å². The molecule has 1 aliphatic heterocycles. The SMILES string of the molecule is CCCNC(CCN1CC(C)C(C)C1)c1ccc(Cl)cc1. The predicted molar refractivity (Wildman–Crippen MR) is 91.9 cm³/mol. The van der Waals surface area contributed by atoms with E-state index in [-0.39, 0.29) is 0 Å². The Hall–Kier alpha value is -0.570. The summed E-state index contributed by atoms with van der Waals surface area (Å²) >= 11 is 6.00. The highest BCUT2D eigenvalue weighted by atomic mass is 35.5. The van der Waals surface area contributed by atoms with Crippen LogP contribution in [0.4, 0.5) is 0 Å². The van der Waals surface area contributed by atoms with Crippen molar-refractivity contribution >= 4 is 11.6 Å². The molecule has 0 aromatic heterocycles. The molecule has 3 atom stereocenters. The molecule has 1 fully saturated rings. The Kier molecular flexibility index (Phi) is 6.53. The third kappa shape index (κ3) is 4.98. The van der Waals surface area contributed by atoms with Crippen LogP contribution in [0, 0.1) is 11.8 Å². The van der Waals surface area contributed by atoms with Gasteiger partial charge in [-0.25, -0.2) is 0 Å². The minimum atomic E-state index is 0.438. The molecule has 21 heavy (non-hydrogen) atoms. The summed E-state index contributed by atoms with van der Waals surface area (Å²) in [6, 6.07) is 8.75. The second-order valence-electron chi connectivity index (χ2n) is 6.56. The summed E-state index contributed by atoms with van der Waals surface area (Å²) in [6.07, 6.45) is 2.34. The van der Waals surface area contributed by atoms with Crippen molar-refractivity contribution in [1.82, 2.24) is 10.2 Å². The Balaban J connectivity index is 1.92. The molecule has 1 aromatic rings. The lowest BCUT2D eigenvalue weighted by Gasteiger charge is -2.23. The van der Waals surface area contributed by atoms with Gasteiger partial charge in [-0.1, -0.05) is 44.5 Å². The number of nitrogens with one attached hydrogen (secondary N) is 1. The Labute approximate surface area is 134 Å². The van der Waals surface area contributed by atoms with Crippen LogP contribution in [0.5, 0.6) is 0 Å². The molecule has 2 rings (SSSR count). The smallest absolute Gasteiger partial charge is 0.0406 e. The first-order valence-electron chi connectivity index (χ1n) is 8.31. The lowest BCUT2D eigenvalue weighted by Crippen LogP contribution is -2.29. The quantitative estimate of drug-likeness (QED) is 0.805. The molecular weight excluding hydrogens is 280 g/mol. The van der Waals surface area contributed by atoms with Crippen molar-refractivity contribution in [2.75, 3.05) is 26.2 Å². The monoisotopic (exact) mass is 308 g/mol. The van der Waals surface area contributed by atoms with E-state index >= 15 is 0 Å². The number of hydrogen-bond acceptors (Lipinski definition) is 2. The van der Waals surface area contributed by atoms with Gasteiger partial charge in [-0.15, -0.1) is 0 Å². The molecule has 0 bridgehead atoms. The van der Waals surface area contributed by atoms with Crippen LogP contribution < -0.4 is 5.32 Å². The van der Waals surface area contributed by atoms with Crippen LogP contribution >= 0.6 is 11.6 Å². The zero-order chi connectivity index (χ0) is 15.2. The number of hydrogen-bond donors (Lipinski definition) is 1. The highest BCUT2D eigenvalue weighted by Crippen LogP contribution is 2.25. The van der Waals surface area contributed by atoms with Crippen molar-refractivity contribution < 1.29 is 0 Å². The average molecular weight is 309 g/mol. The summed E-state index contributed by atoms with van der Waals surface area (Å²) in [6.45, 7) is 11.7. The topological polar surface area (TPSA) is 15.3 Å². The number of likely N-dealkylation sites (tertiary alicyclic amines) is 1. The minimum absolute atomic E-state index is 0.438. The zero-order valence-corrected chi connectivity index (χ0v) is 14.4. The van der Waals surface area contributed by atoms with Crippen LogP contribution in [0.2, 0.25) is 5.02 Å². The molecule has 0 amide bonds. The van der Waals surface area contributed by atoms with Gasteiger partial charge in [0, 0.05) is 24.2 Å². The highest BCUT2D eigenvalue weighted by molar-refractivity contribution is 6.30. The molecule has 1 saturated heterocycles. The van der Waals surface area contributed by atoms with Crippen LogP contribution in [0.15, 0.2) is 24.3 Å². The molecule has 2 nitrogen and oxygen atoms in total. The van der Waals surface area contributed by atoms with E-state index in [1.807, 2.05) is 12.1 Å². The molecular formula is C18H29ClN2. The Morgan fingerprint density at radius 3 is 2.38 bits per heavy atom. The summed E-state index contributed by atoms with van der Waals surface area (Å²) in [5.41, 5.74) is 1.35. The maximum absolute atomic E-state index is 6.00. The van der Waals surface area contributed by atoms with E-state index in [0.29, 0.717) is 6.04 Å². The fourth-order valence-corrected chi connectivity index (χ4v) is 3.27. The number of benzene rings is 1. The number of rotatable bonds is 7. The first-order chi connectivity index (χ1) is 10.1. The molecule has 1 N–H and O–H groups in total. The first-order valence-corrected chi connectivity index (χ1v) is 8.69. The van der Waals surface area contributed by atoms with Gasteiger partial charge in [0.05, 0.1) is 0 Å². The van der Waals surface area contributed by atoms with Gasteiger partial charge in [-0.2, -0.15) is 0 Å². The molecule has 0 radical (unpaired) electrons. The Bertz CT molecular complexity index is 408. The average Bonchev–Trinajstić information content (AvgIpc) is 2.79. The van der Waals surface area contributed by atoms with E-state index in [0.717, 1.165) is 23.4 Å². The molecule has 118 valence electrons. The fourth-order valence-electron chi connectivity index (χ4n) is 3.14. The maximum Gasteiger partial charge on any atom is 0.0406 e. The molecule has 3 unspecified atom stereocenters. The first kappa shape index (κ1) is 16.8. The van der Waals surface area contributed by atoms with Gasteiger partial charge in [0.25, 0.3) is 0 Å². The van der Waals surface area contributed by atoms with Crippen molar-refractivity contribution in [2.45, 2.75) is 39.7 Å². The highest BCUT2D eigenvalue weighted by Gasteiger charge is 2.26. The summed E-state index contributed by atoms with van der Waals surface area (Å²) in [5.74, 6) is 1.67. The van der Waals surface area contributed by atoms with Gasteiger partial charge >= 0.3 is 0 Å². The number of nitrogens with zero attached hydrogens (tertiary/aromatic N) is 1. The molecule has 0 saturated carbocycles. The standard InChI is InChI=1S/C18H29ClN2/c1-4-10-20-18(16-5-7-17(19)8-6-16)9-11-21-12-14(2)15(3)13-21/h5-8,14-15,18,20H,4,9-13H2,1-3H3. The third-order valence-corrected chi connectivity index (χ3v) is 4.96. The van der Waals surface area contributed by atoms with Gasteiger partial charge in [-0.3, -0.25) is 0 Å². The van der Waals surface area contributed by atoms with Crippen LogP contribution in [-0.4, -0.2) is 31.1 Å². The van der Waals surface area contributed by atoms with Gasteiger partial charge in [-0.05, 0) is 55.5 Å². The van der Waals surface area contributed by atoms with Gasteiger partial charge in [0.1, 0.15) is 0 Å². The second kappa shape index (κ2) is 8.17. The third-order valence-electron chi connectivity index (χ3n) is 4.71. The summed E-state index contributed by atoms with van der Waals surface area (Å²) in [5, 5.41) is 4.50. The largest absolute Gasteiger partial charge is 0.310 e. The van der Waals surface area contributed by atoms with E-state index in [2.05, 4.69) is 43.1 Å². The molecule has 0 spiro atoms. The van der Waals surface area contributed by atoms with Crippen molar-refractivity contribution in [2.24, 2.45) is 11.8 Å². The van der Waals surface area contributed by atoms with Crippen LogP contribution in [0.3, 0.4) is 0 Å². The number of halogens is 1. The van der Waals surface area contributed by atoms with E-state index in [1.165, 1.54) is 38.0 Å². The molecule has 1 heterocycles. The molecule has 0 aliphatic carbocycles. The Morgan fingerprint density at radius 2 is 1.81 bits per heavy atom. The summed E-state index contributed by atoms with van der Waals surface area (Å²) in [4.78, 5) is 2.62. The maximum atomic E-state index is 6.00. The van der Waals surface area contributed by atoms with E-state index in [1.54, 1.807) is 0 Å². The summed E-state index contributed by atoms with van der Waals surface area (Å²) in [7, 11) is 0. The second-order valence-corrected chi connectivity index (χ2v) is 7.00. The van der Waals surface area contributed by atoms with E-state index in [4.69, 9.17) is 11.6 Å². The van der Waals surface area contributed by atoms with Gasteiger partial charge in [0.15, 0.2) is 0 Å². The van der Waals surface area contributed by atoms with Crippen LogP contribution in [-0.2, 0) is 0 Å². The lowest BCUT2D eigenvalue weighted by atomic mass is 10.0. The lowest BCUT2D eigenvalue weighted by molar-refractivity contribution is 0.298. The van der Waals surface area contributed by atoms with Crippen LogP contribution in [0.25, 0.3) is 0 Å². The molecule has 1 aromatic carbocycles. The van der Waals surface area contributed by atoms with E-state index < -0.39 is 0 Å². The van der Waals surface area contributed by atoms with Gasteiger partial charge < -0.3 is 10.2 Å². The zero-order valence-electron chi connectivity index (χ0n) is 13.6. The minimum Gasteiger partial charge on any atom is -0.310 e. The molecule has 1 aliphatic rings. The van der Waals surface area contributed by atoms with E-state index in [9.17, 15) is 0 Å². The van der Waals surface area contributed by atoms with Gasteiger partial charge in [0.2, 0.25) is 0 Å². The fraction of sp³-hybridized carbons (Fsp3) is 0.667. The molecule has 3 heteroatoms. The van der Waals surface area contributed by atoms with Crippen LogP contribution in [0.1, 0.15) is 45.2 Å². The predicted octanol–water partition coefficient (Wildman–Crippen LogP) is 4.36. The van der Waals surface area contributed by atoms with Crippen molar-refractivity contribution in [3.05, 3.63) is 34.9 Å². The summed E-state index contributed by atoms with van der Waals surface area (Å²) < 4.78 is 0.